The molecule has 7 heteroatoms. The Kier molecular flexibility index (Phi) is 5.58. The zero-order valence-electron chi connectivity index (χ0n) is 16.7. The van der Waals surface area contributed by atoms with E-state index in [0.717, 1.165) is 49.0 Å². The average Bonchev–Trinajstić information content (AvgIpc) is 3.12. The number of piperidine rings is 1. The number of ether oxygens (including phenoxy) is 1. The molecule has 0 saturated carbocycles. The van der Waals surface area contributed by atoms with Crippen LogP contribution in [0, 0.1) is 0 Å². The maximum atomic E-state index is 13.7. The van der Waals surface area contributed by atoms with Crippen LogP contribution in [0.3, 0.4) is 0 Å². The summed E-state index contributed by atoms with van der Waals surface area (Å²) >= 11 is 0. The Morgan fingerprint density at radius 3 is 2.82 bits per heavy atom. The van der Waals surface area contributed by atoms with Crippen LogP contribution in [0.15, 0.2) is 29.2 Å². The number of sulfonamides is 1. The van der Waals surface area contributed by atoms with E-state index in [1.807, 2.05) is 29.8 Å². The molecule has 0 N–H and O–H groups in total. The van der Waals surface area contributed by atoms with E-state index in [9.17, 15) is 8.42 Å². The first-order valence-electron chi connectivity index (χ1n) is 10.3. The van der Waals surface area contributed by atoms with Crippen LogP contribution in [0.5, 0.6) is 0 Å². The molecular formula is C21H29N3O3S. The summed E-state index contributed by atoms with van der Waals surface area (Å²) in [4.78, 5) is 0.435. The predicted molar refractivity (Wildman–Crippen MR) is 108 cm³/mol. The number of aromatic nitrogens is 2. The standard InChI is InChI=1S/C21H29N3O3S/c1-3-16-9-5-6-11-20(16)28(25,26)24-13-8-7-10-19(24)21-17-15-27-14-12-18(17)23(4-2)22-21/h5-6,9,11,19H,3-4,7-8,10,12-15H2,1-2H3. The molecule has 1 unspecified atom stereocenters. The maximum Gasteiger partial charge on any atom is 0.243 e. The summed E-state index contributed by atoms with van der Waals surface area (Å²) in [6.07, 6.45) is 4.24. The minimum Gasteiger partial charge on any atom is -0.376 e. The van der Waals surface area contributed by atoms with Crippen LogP contribution in [0.2, 0.25) is 0 Å². The van der Waals surface area contributed by atoms with Crippen molar-refractivity contribution < 1.29 is 13.2 Å². The molecule has 2 aromatic rings. The van der Waals surface area contributed by atoms with Gasteiger partial charge in [-0.1, -0.05) is 31.5 Å². The number of fused-ring (bicyclic) bond motifs is 1. The third kappa shape index (κ3) is 3.29. The van der Waals surface area contributed by atoms with Crippen LogP contribution in [0.1, 0.15) is 61.7 Å². The molecule has 2 aliphatic heterocycles. The van der Waals surface area contributed by atoms with Gasteiger partial charge in [-0.05, 0) is 37.8 Å². The number of hydrogen-bond acceptors (Lipinski definition) is 4. The van der Waals surface area contributed by atoms with Gasteiger partial charge in [0.15, 0.2) is 0 Å². The van der Waals surface area contributed by atoms with Crippen molar-refractivity contribution in [1.29, 1.82) is 0 Å². The number of rotatable bonds is 5. The molecule has 1 fully saturated rings. The quantitative estimate of drug-likeness (QED) is 0.767. The second-order valence-electron chi connectivity index (χ2n) is 7.52. The van der Waals surface area contributed by atoms with Crippen molar-refractivity contribution in [1.82, 2.24) is 14.1 Å². The van der Waals surface area contributed by atoms with E-state index in [-0.39, 0.29) is 6.04 Å². The fourth-order valence-electron chi connectivity index (χ4n) is 4.50. The van der Waals surface area contributed by atoms with E-state index in [1.54, 1.807) is 10.4 Å². The number of aryl methyl sites for hydroxylation is 2. The predicted octanol–water partition coefficient (Wildman–Crippen LogP) is 3.45. The van der Waals surface area contributed by atoms with Crippen molar-refractivity contribution in [3.63, 3.8) is 0 Å². The molecule has 1 saturated heterocycles. The first kappa shape index (κ1) is 19.6. The Hall–Kier alpha value is -1.70. The van der Waals surface area contributed by atoms with Gasteiger partial charge in [-0.3, -0.25) is 4.68 Å². The first-order valence-corrected chi connectivity index (χ1v) is 11.8. The molecule has 152 valence electrons. The molecule has 2 aliphatic rings. The maximum absolute atomic E-state index is 13.7. The smallest absolute Gasteiger partial charge is 0.243 e. The van der Waals surface area contributed by atoms with Crippen LogP contribution >= 0.6 is 0 Å². The Balaban J connectivity index is 1.78. The lowest BCUT2D eigenvalue weighted by Crippen LogP contribution is -2.39. The fourth-order valence-corrected chi connectivity index (χ4v) is 6.46. The Labute approximate surface area is 167 Å². The third-order valence-corrected chi connectivity index (χ3v) is 7.94. The lowest BCUT2D eigenvalue weighted by molar-refractivity contribution is 0.107. The highest BCUT2D eigenvalue weighted by molar-refractivity contribution is 7.89. The largest absolute Gasteiger partial charge is 0.376 e. The summed E-state index contributed by atoms with van der Waals surface area (Å²) in [6, 6.07) is 7.15. The second kappa shape index (κ2) is 7.97. The van der Waals surface area contributed by atoms with Gasteiger partial charge in [0.25, 0.3) is 0 Å². The molecule has 1 aromatic carbocycles. The number of nitrogens with zero attached hydrogens (tertiary/aromatic N) is 3. The van der Waals surface area contributed by atoms with Gasteiger partial charge in [0, 0.05) is 30.8 Å². The van der Waals surface area contributed by atoms with Crippen LogP contribution in [-0.4, -0.2) is 35.7 Å². The zero-order valence-corrected chi connectivity index (χ0v) is 17.5. The highest BCUT2D eigenvalue weighted by Gasteiger charge is 2.39. The van der Waals surface area contributed by atoms with E-state index < -0.39 is 10.0 Å². The average molecular weight is 404 g/mol. The van der Waals surface area contributed by atoms with E-state index in [4.69, 9.17) is 9.84 Å². The van der Waals surface area contributed by atoms with Crippen molar-refractivity contribution in [3.8, 4) is 0 Å². The molecule has 0 amide bonds. The molecule has 6 nitrogen and oxygen atoms in total. The minimum absolute atomic E-state index is 0.216. The van der Waals surface area contributed by atoms with Crippen LogP contribution in [-0.2, 0) is 40.8 Å². The van der Waals surface area contributed by atoms with Gasteiger partial charge in [0.05, 0.1) is 29.8 Å². The van der Waals surface area contributed by atoms with E-state index in [2.05, 4.69) is 6.92 Å². The van der Waals surface area contributed by atoms with Gasteiger partial charge in [0.1, 0.15) is 0 Å². The summed E-state index contributed by atoms with van der Waals surface area (Å²) < 4.78 is 36.7. The van der Waals surface area contributed by atoms with Gasteiger partial charge in [-0.15, -0.1) is 0 Å². The summed E-state index contributed by atoms with van der Waals surface area (Å²) in [7, 11) is -3.58. The summed E-state index contributed by atoms with van der Waals surface area (Å²) in [5.74, 6) is 0. The Bertz CT molecular complexity index is 952. The molecule has 0 radical (unpaired) electrons. The minimum atomic E-state index is -3.58. The third-order valence-electron chi connectivity index (χ3n) is 5.94. The molecule has 3 heterocycles. The fraction of sp³-hybridized carbons (Fsp3) is 0.571. The molecule has 0 bridgehead atoms. The summed E-state index contributed by atoms with van der Waals surface area (Å²) in [5.41, 5.74) is 4.08. The van der Waals surface area contributed by atoms with Gasteiger partial charge in [-0.2, -0.15) is 9.40 Å². The highest BCUT2D eigenvalue weighted by atomic mass is 32.2. The van der Waals surface area contributed by atoms with E-state index >= 15 is 0 Å². The van der Waals surface area contributed by atoms with Crippen LogP contribution in [0.25, 0.3) is 0 Å². The molecule has 0 spiro atoms. The van der Waals surface area contributed by atoms with Gasteiger partial charge >= 0.3 is 0 Å². The van der Waals surface area contributed by atoms with Crippen molar-refractivity contribution in [2.24, 2.45) is 0 Å². The second-order valence-corrected chi connectivity index (χ2v) is 9.38. The van der Waals surface area contributed by atoms with E-state index in [1.165, 1.54) is 5.69 Å². The van der Waals surface area contributed by atoms with E-state index in [0.29, 0.717) is 31.1 Å². The molecule has 4 rings (SSSR count). The SMILES string of the molecule is CCc1ccccc1S(=O)(=O)N1CCCCC1c1nn(CC)c2c1COCC2. The van der Waals surface area contributed by atoms with Gasteiger partial charge in [0.2, 0.25) is 10.0 Å². The molecule has 0 aliphatic carbocycles. The number of hydrogen-bond donors (Lipinski definition) is 0. The zero-order chi connectivity index (χ0) is 19.7. The van der Waals surface area contributed by atoms with Crippen LogP contribution in [0.4, 0.5) is 0 Å². The number of benzene rings is 1. The Morgan fingerprint density at radius 1 is 1.21 bits per heavy atom. The van der Waals surface area contributed by atoms with Gasteiger partial charge in [-0.25, -0.2) is 8.42 Å². The monoisotopic (exact) mass is 403 g/mol. The molecule has 1 atom stereocenters. The Morgan fingerprint density at radius 2 is 2.04 bits per heavy atom. The van der Waals surface area contributed by atoms with Gasteiger partial charge < -0.3 is 4.74 Å². The normalized spacial score (nSPS) is 20.9. The molecule has 28 heavy (non-hydrogen) atoms. The van der Waals surface area contributed by atoms with Crippen LogP contribution < -0.4 is 0 Å². The molecule has 1 aromatic heterocycles. The molecular weight excluding hydrogens is 374 g/mol. The first-order chi connectivity index (χ1) is 13.6. The summed E-state index contributed by atoms with van der Waals surface area (Å²) in [6.45, 7) is 6.65. The summed E-state index contributed by atoms with van der Waals surface area (Å²) in [5, 5.41) is 4.86. The highest BCUT2D eigenvalue weighted by Crippen LogP contribution is 2.38. The lowest BCUT2D eigenvalue weighted by atomic mass is 9.97. The topological polar surface area (TPSA) is 64.4 Å². The van der Waals surface area contributed by atoms with Crippen molar-refractivity contribution >= 4 is 10.0 Å². The lowest BCUT2D eigenvalue weighted by Gasteiger charge is -2.35. The van der Waals surface area contributed by atoms with Crippen molar-refractivity contribution in [2.75, 3.05) is 13.2 Å². The van der Waals surface area contributed by atoms with Crippen molar-refractivity contribution in [3.05, 3.63) is 46.8 Å². The van der Waals surface area contributed by atoms with Crippen molar-refractivity contribution in [2.45, 2.75) is 70.0 Å².